The monoisotopic (exact) mass is 404 g/mol. The van der Waals surface area contributed by atoms with Crippen LogP contribution >= 0.6 is 11.6 Å². The first-order chi connectivity index (χ1) is 12.9. The lowest BCUT2D eigenvalue weighted by Gasteiger charge is -2.10. The largest absolute Gasteiger partial charge is 0.469 e. The minimum Gasteiger partial charge on any atom is -0.469 e. The number of furan rings is 1. The lowest BCUT2D eigenvalue weighted by atomic mass is 10.2. The third-order valence-corrected chi connectivity index (χ3v) is 5.33. The summed E-state index contributed by atoms with van der Waals surface area (Å²) in [5, 5.41) is 3.21. The van der Waals surface area contributed by atoms with Gasteiger partial charge >= 0.3 is 0 Å². The molecule has 1 aromatic heterocycles. The van der Waals surface area contributed by atoms with E-state index in [9.17, 15) is 13.2 Å². The first-order valence-corrected chi connectivity index (χ1v) is 9.99. The fourth-order valence-electron chi connectivity index (χ4n) is 2.39. The highest BCUT2D eigenvalue weighted by atomic mass is 35.5. The molecule has 0 radical (unpaired) electrons. The predicted octanol–water partition coefficient (Wildman–Crippen LogP) is 4.31. The van der Waals surface area contributed by atoms with Crippen molar-refractivity contribution in [3.05, 3.63) is 77.7 Å². The quantitative estimate of drug-likeness (QED) is 0.614. The van der Waals surface area contributed by atoms with Crippen LogP contribution < -0.4 is 10.0 Å². The molecule has 0 bridgehead atoms. The zero-order valence-corrected chi connectivity index (χ0v) is 15.8. The van der Waals surface area contributed by atoms with Crippen LogP contribution in [0.5, 0.6) is 0 Å². The lowest BCUT2D eigenvalue weighted by Crippen LogP contribution is -2.15. The zero-order chi connectivity index (χ0) is 19.3. The molecule has 27 heavy (non-hydrogen) atoms. The molecule has 0 spiro atoms. The zero-order valence-electron chi connectivity index (χ0n) is 14.2. The number of sulfonamides is 1. The lowest BCUT2D eigenvalue weighted by molar-refractivity contribution is -0.116. The van der Waals surface area contributed by atoms with Gasteiger partial charge in [0.15, 0.2) is 0 Å². The minimum atomic E-state index is -3.79. The Kier molecular flexibility index (Phi) is 5.83. The molecule has 0 saturated carbocycles. The summed E-state index contributed by atoms with van der Waals surface area (Å²) in [6.45, 7) is 0. The van der Waals surface area contributed by atoms with Gasteiger partial charge in [-0.15, -0.1) is 0 Å². The number of hydrogen-bond acceptors (Lipinski definition) is 4. The van der Waals surface area contributed by atoms with Crippen LogP contribution in [0, 0.1) is 0 Å². The molecule has 3 rings (SSSR count). The first-order valence-electron chi connectivity index (χ1n) is 8.13. The molecule has 2 aromatic carbocycles. The van der Waals surface area contributed by atoms with Crippen LogP contribution in [0.4, 0.5) is 11.4 Å². The van der Waals surface area contributed by atoms with E-state index in [4.69, 9.17) is 16.0 Å². The van der Waals surface area contributed by atoms with E-state index in [-0.39, 0.29) is 17.2 Å². The highest BCUT2D eigenvalue weighted by Crippen LogP contribution is 2.21. The number of carbonyl (C=O) groups excluding carboxylic acids is 1. The Bertz CT molecular complexity index is 1020. The fraction of sp³-hybridized carbons (Fsp3) is 0.105. The number of anilines is 2. The van der Waals surface area contributed by atoms with E-state index in [0.717, 1.165) is 0 Å². The van der Waals surface area contributed by atoms with Crippen LogP contribution in [0.25, 0.3) is 0 Å². The summed E-state index contributed by atoms with van der Waals surface area (Å²) >= 11 is 5.80. The van der Waals surface area contributed by atoms with Gasteiger partial charge in [-0.1, -0.05) is 17.7 Å². The molecule has 0 unspecified atom stereocenters. The van der Waals surface area contributed by atoms with Crippen LogP contribution in [-0.4, -0.2) is 14.3 Å². The van der Waals surface area contributed by atoms with Crippen LogP contribution in [0.1, 0.15) is 12.2 Å². The van der Waals surface area contributed by atoms with Crippen LogP contribution in [0.15, 0.2) is 76.2 Å². The van der Waals surface area contributed by atoms with E-state index >= 15 is 0 Å². The average molecular weight is 405 g/mol. The molecule has 3 aromatic rings. The molecule has 140 valence electrons. The van der Waals surface area contributed by atoms with E-state index in [1.54, 1.807) is 54.8 Å². The van der Waals surface area contributed by atoms with Gasteiger partial charge in [0.25, 0.3) is 10.0 Å². The molecule has 0 aliphatic heterocycles. The Labute approximate surface area is 162 Å². The fourth-order valence-corrected chi connectivity index (χ4v) is 3.62. The van der Waals surface area contributed by atoms with Crippen molar-refractivity contribution in [1.29, 1.82) is 0 Å². The van der Waals surface area contributed by atoms with Gasteiger partial charge in [-0.2, -0.15) is 0 Å². The number of amides is 1. The highest BCUT2D eigenvalue weighted by molar-refractivity contribution is 7.92. The van der Waals surface area contributed by atoms with Gasteiger partial charge in [-0.05, 0) is 54.6 Å². The van der Waals surface area contributed by atoms with E-state index in [1.807, 2.05) is 0 Å². The van der Waals surface area contributed by atoms with Crippen molar-refractivity contribution in [3.63, 3.8) is 0 Å². The van der Waals surface area contributed by atoms with E-state index < -0.39 is 10.0 Å². The molecule has 2 N–H and O–H groups in total. The summed E-state index contributed by atoms with van der Waals surface area (Å²) in [5.74, 6) is 0.486. The predicted molar refractivity (Wildman–Crippen MR) is 104 cm³/mol. The smallest absolute Gasteiger partial charge is 0.261 e. The number of nitrogens with one attached hydrogen (secondary N) is 2. The second kappa shape index (κ2) is 8.28. The van der Waals surface area contributed by atoms with Crippen LogP contribution in [-0.2, 0) is 21.2 Å². The van der Waals surface area contributed by atoms with Gasteiger partial charge in [-0.25, -0.2) is 8.42 Å². The molecule has 8 heteroatoms. The summed E-state index contributed by atoms with van der Waals surface area (Å²) in [7, 11) is -3.79. The standard InChI is InChI=1S/C19H17ClN2O4S/c20-14-6-8-15(9-7-14)22-27(24,25)18-5-1-3-16(13-18)21-19(23)11-10-17-4-2-12-26-17/h1-9,12-13,22H,10-11H2,(H,21,23). The van der Waals surface area contributed by atoms with Gasteiger partial charge in [-0.3, -0.25) is 9.52 Å². The van der Waals surface area contributed by atoms with Crippen molar-refractivity contribution in [1.82, 2.24) is 0 Å². The van der Waals surface area contributed by atoms with Crippen molar-refractivity contribution in [3.8, 4) is 0 Å². The molecular weight excluding hydrogens is 388 g/mol. The summed E-state index contributed by atoms with van der Waals surface area (Å²) in [5.41, 5.74) is 0.797. The van der Waals surface area contributed by atoms with Gasteiger partial charge in [0, 0.05) is 29.2 Å². The van der Waals surface area contributed by atoms with Gasteiger partial charge in [0.1, 0.15) is 5.76 Å². The summed E-state index contributed by atoms with van der Waals surface area (Å²) in [4.78, 5) is 12.1. The molecular formula is C19H17ClN2O4S. The van der Waals surface area contributed by atoms with Crippen molar-refractivity contribution in [2.45, 2.75) is 17.7 Å². The van der Waals surface area contributed by atoms with E-state index in [0.29, 0.717) is 28.6 Å². The number of aryl methyl sites for hydroxylation is 1. The highest BCUT2D eigenvalue weighted by Gasteiger charge is 2.15. The second-order valence-corrected chi connectivity index (χ2v) is 7.89. The number of halogens is 1. The molecule has 0 aliphatic rings. The molecule has 0 fully saturated rings. The van der Waals surface area contributed by atoms with Crippen molar-refractivity contribution in [2.75, 3.05) is 10.0 Å². The average Bonchev–Trinajstić information content (AvgIpc) is 3.16. The molecule has 0 atom stereocenters. The Balaban J connectivity index is 1.66. The number of carbonyl (C=O) groups is 1. The van der Waals surface area contributed by atoms with Gasteiger partial charge in [0.05, 0.1) is 11.2 Å². The number of benzene rings is 2. The maximum atomic E-state index is 12.5. The Morgan fingerprint density at radius 1 is 1.00 bits per heavy atom. The first kappa shape index (κ1) is 19.0. The van der Waals surface area contributed by atoms with Crippen LogP contribution in [0.2, 0.25) is 5.02 Å². The summed E-state index contributed by atoms with van der Waals surface area (Å²) < 4.78 is 32.7. The number of rotatable bonds is 7. The Morgan fingerprint density at radius 3 is 2.48 bits per heavy atom. The molecule has 1 amide bonds. The summed E-state index contributed by atoms with van der Waals surface area (Å²) in [6, 6.07) is 15.9. The number of hydrogen-bond donors (Lipinski definition) is 2. The van der Waals surface area contributed by atoms with Crippen molar-refractivity contribution >= 4 is 38.9 Å². The van der Waals surface area contributed by atoms with Crippen LogP contribution in [0.3, 0.4) is 0 Å². The summed E-state index contributed by atoms with van der Waals surface area (Å²) in [6.07, 6.45) is 2.25. The van der Waals surface area contributed by atoms with E-state index in [1.165, 1.54) is 12.1 Å². The van der Waals surface area contributed by atoms with Gasteiger partial charge < -0.3 is 9.73 Å². The van der Waals surface area contributed by atoms with Gasteiger partial charge in [0.2, 0.25) is 5.91 Å². The van der Waals surface area contributed by atoms with Crippen molar-refractivity contribution in [2.24, 2.45) is 0 Å². The molecule has 0 aliphatic carbocycles. The molecule has 0 saturated heterocycles. The Hall–Kier alpha value is -2.77. The minimum absolute atomic E-state index is 0.0429. The topological polar surface area (TPSA) is 88.4 Å². The molecule has 1 heterocycles. The second-order valence-electron chi connectivity index (χ2n) is 5.77. The Morgan fingerprint density at radius 2 is 1.78 bits per heavy atom. The van der Waals surface area contributed by atoms with Crippen molar-refractivity contribution < 1.29 is 17.6 Å². The maximum Gasteiger partial charge on any atom is 0.261 e. The van der Waals surface area contributed by atoms with E-state index in [2.05, 4.69) is 10.0 Å². The SMILES string of the molecule is O=C(CCc1ccco1)Nc1cccc(S(=O)(=O)Nc2ccc(Cl)cc2)c1. The normalized spacial score (nSPS) is 11.1. The third kappa shape index (κ3) is 5.35. The maximum absolute atomic E-state index is 12.5. The third-order valence-electron chi connectivity index (χ3n) is 3.70. The molecule has 6 nitrogen and oxygen atoms in total.